The molecular weight excluding hydrogens is 278 g/mol. The average Bonchev–Trinajstić information content (AvgIpc) is 2.55. The normalized spacial score (nSPS) is 26.1. The highest BCUT2D eigenvalue weighted by atomic mass is 16.3. The molecule has 1 saturated carbocycles. The number of pyridine rings is 1. The number of carbonyl (C=O) groups excluding carboxylic acids is 1. The summed E-state index contributed by atoms with van der Waals surface area (Å²) >= 11 is 0. The van der Waals surface area contributed by atoms with Crippen molar-refractivity contribution in [3.8, 4) is 0 Å². The smallest absolute Gasteiger partial charge is 0.225 e. The maximum Gasteiger partial charge on any atom is 0.225 e. The average molecular weight is 303 g/mol. The number of aliphatic hydroxyl groups is 1. The lowest BCUT2D eigenvalue weighted by molar-refractivity contribution is -0.138. The van der Waals surface area contributed by atoms with Crippen LogP contribution in [0.25, 0.3) is 0 Å². The van der Waals surface area contributed by atoms with E-state index in [1.54, 1.807) is 0 Å². The molecule has 0 unspecified atom stereocenters. The van der Waals surface area contributed by atoms with E-state index in [4.69, 9.17) is 0 Å². The van der Waals surface area contributed by atoms with Gasteiger partial charge >= 0.3 is 0 Å². The first-order valence-corrected chi connectivity index (χ1v) is 8.27. The molecule has 3 rings (SSSR count). The molecule has 5 heteroatoms. The highest BCUT2D eigenvalue weighted by Crippen LogP contribution is 2.27. The number of rotatable bonds is 2. The number of anilines is 1. The van der Waals surface area contributed by atoms with Crippen LogP contribution in [0.1, 0.15) is 31.2 Å². The fourth-order valence-corrected chi connectivity index (χ4v) is 3.64. The van der Waals surface area contributed by atoms with Crippen LogP contribution in [-0.4, -0.2) is 53.2 Å². The molecule has 0 bridgehead atoms. The van der Waals surface area contributed by atoms with Gasteiger partial charge in [0.25, 0.3) is 0 Å². The number of amides is 1. The van der Waals surface area contributed by atoms with Gasteiger partial charge in [-0.05, 0) is 37.8 Å². The summed E-state index contributed by atoms with van der Waals surface area (Å²) in [5, 5.41) is 9.76. The second-order valence-corrected chi connectivity index (χ2v) is 6.49. The van der Waals surface area contributed by atoms with Gasteiger partial charge in [0, 0.05) is 50.2 Å². The zero-order chi connectivity index (χ0) is 15.5. The number of hydrogen-bond donors (Lipinski definition) is 1. The van der Waals surface area contributed by atoms with Crippen molar-refractivity contribution in [2.45, 2.75) is 38.7 Å². The van der Waals surface area contributed by atoms with Gasteiger partial charge in [-0.15, -0.1) is 0 Å². The molecule has 22 heavy (non-hydrogen) atoms. The van der Waals surface area contributed by atoms with Crippen LogP contribution < -0.4 is 4.90 Å². The monoisotopic (exact) mass is 303 g/mol. The molecule has 0 radical (unpaired) electrons. The van der Waals surface area contributed by atoms with Crippen molar-refractivity contribution in [2.75, 3.05) is 31.1 Å². The molecule has 2 fully saturated rings. The van der Waals surface area contributed by atoms with E-state index < -0.39 is 0 Å². The van der Waals surface area contributed by atoms with Crippen molar-refractivity contribution in [3.05, 3.63) is 24.0 Å². The van der Waals surface area contributed by atoms with Gasteiger partial charge < -0.3 is 14.9 Å². The first-order chi connectivity index (χ1) is 10.6. The van der Waals surface area contributed by atoms with Crippen LogP contribution in [0.3, 0.4) is 0 Å². The first kappa shape index (κ1) is 15.3. The van der Waals surface area contributed by atoms with Crippen LogP contribution >= 0.6 is 0 Å². The van der Waals surface area contributed by atoms with Crippen molar-refractivity contribution in [1.82, 2.24) is 9.88 Å². The first-order valence-electron chi connectivity index (χ1n) is 8.27. The number of aliphatic hydroxyl groups excluding tert-OH is 1. The Kier molecular flexibility index (Phi) is 4.62. The molecule has 1 N–H and O–H groups in total. The number of carbonyl (C=O) groups is 1. The number of hydrogen-bond acceptors (Lipinski definition) is 4. The third kappa shape index (κ3) is 3.24. The molecule has 0 aromatic carbocycles. The minimum absolute atomic E-state index is 0.0259. The van der Waals surface area contributed by atoms with E-state index in [2.05, 4.69) is 16.8 Å². The Balaban J connectivity index is 1.57. The highest BCUT2D eigenvalue weighted by Gasteiger charge is 2.31. The molecule has 1 amide bonds. The van der Waals surface area contributed by atoms with E-state index in [9.17, 15) is 9.90 Å². The lowest BCUT2D eigenvalue weighted by Crippen LogP contribution is -2.51. The fourth-order valence-electron chi connectivity index (χ4n) is 3.64. The van der Waals surface area contributed by atoms with Gasteiger partial charge in [-0.25, -0.2) is 0 Å². The lowest BCUT2D eigenvalue weighted by atomic mass is 9.86. The zero-order valence-electron chi connectivity index (χ0n) is 13.2. The third-order valence-corrected chi connectivity index (χ3v) is 4.92. The summed E-state index contributed by atoms with van der Waals surface area (Å²) in [5.74, 6) is 0.266. The van der Waals surface area contributed by atoms with E-state index >= 15 is 0 Å². The van der Waals surface area contributed by atoms with Gasteiger partial charge in [0.1, 0.15) is 0 Å². The molecule has 2 aliphatic rings. The van der Waals surface area contributed by atoms with Crippen LogP contribution in [0.2, 0.25) is 0 Å². The summed E-state index contributed by atoms with van der Waals surface area (Å²) in [7, 11) is 0. The van der Waals surface area contributed by atoms with Gasteiger partial charge in [0.2, 0.25) is 5.91 Å². The summed E-state index contributed by atoms with van der Waals surface area (Å²) in [5.41, 5.74) is 2.40. The number of aryl methyl sites for hydroxylation is 1. The molecule has 120 valence electrons. The second-order valence-electron chi connectivity index (χ2n) is 6.49. The third-order valence-electron chi connectivity index (χ3n) is 4.92. The molecule has 1 aliphatic carbocycles. The van der Waals surface area contributed by atoms with E-state index in [1.165, 1.54) is 11.3 Å². The maximum atomic E-state index is 12.6. The molecule has 0 spiro atoms. The number of nitrogens with zero attached hydrogens (tertiary/aromatic N) is 3. The van der Waals surface area contributed by atoms with Gasteiger partial charge in [0.05, 0.1) is 6.10 Å². The molecule has 2 heterocycles. The fraction of sp³-hybridized carbons (Fsp3) is 0.647. The van der Waals surface area contributed by atoms with Gasteiger partial charge in [0.15, 0.2) is 0 Å². The Morgan fingerprint density at radius 3 is 2.73 bits per heavy atom. The predicted molar refractivity (Wildman–Crippen MR) is 85.7 cm³/mol. The Bertz CT molecular complexity index is 526. The van der Waals surface area contributed by atoms with Crippen LogP contribution in [0.4, 0.5) is 5.69 Å². The van der Waals surface area contributed by atoms with Gasteiger partial charge in [-0.3, -0.25) is 9.78 Å². The molecule has 1 aliphatic heterocycles. The van der Waals surface area contributed by atoms with E-state index in [1.807, 2.05) is 23.4 Å². The summed E-state index contributed by atoms with van der Waals surface area (Å²) < 4.78 is 0. The standard InChI is InChI=1S/C17H25N3O2/c1-13-12-18-6-5-16(13)19-7-9-20(10-8-19)17(22)14-3-2-4-15(21)11-14/h5-6,12,14-15,21H,2-4,7-11H2,1H3/t14-,15+/m1/s1. The van der Waals surface area contributed by atoms with E-state index in [0.29, 0.717) is 6.42 Å². The van der Waals surface area contributed by atoms with Crippen molar-refractivity contribution >= 4 is 11.6 Å². The molecular formula is C17H25N3O2. The second kappa shape index (κ2) is 6.65. The van der Waals surface area contributed by atoms with Gasteiger partial charge in [-0.1, -0.05) is 6.42 Å². The lowest BCUT2D eigenvalue weighted by Gasteiger charge is -2.39. The van der Waals surface area contributed by atoms with Crippen LogP contribution in [-0.2, 0) is 4.79 Å². The van der Waals surface area contributed by atoms with E-state index in [-0.39, 0.29) is 17.9 Å². The van der Waals surface area contributed by atoms with Crippen molar-refractivity contribution in [2.24, 2.45) is 5.92 Å². The largest absolute Gasteiger partial charge is 0.393 e. The highest BCUT2D eigenvalue weighted by molar-refractivity contribution is 5.79. The molecule has 1 aromatic heterocycles. The molecule has 5 nitrogen and oxygen atoms in total. The van der Waals surface area contributed by atoms with E-state index in [0.717, 1.165) is 45.4 Å². The summed E-state index contributed by atoms with van der Waals surface area (Å²) in [6.45, 7) is 5.35. The Hall–Kier alpha value is -1.62. The molecule has 1 aromatic rings. The number of aromatic nitrogens is 1. The van der Waals surface area contributed by atoms with Crippen molar-refractivity contribution < 1.29 is 9.90 Å². The van der Waals surface area contributed by atoms with Crippen LogP contribution in [0.5, 0.6) is 0 Å². The SMILES string of the molecule is Cc1cnccc1N1CCN(C(=O)[C@@H]2CCC[C@H](O)C2)CC1. The predicted octanol–water partition coefficient (Wildman–Crippen LogP) is 1.59. The Morgan fingerprint density at radius 2 is 2.05 bits per heavy atom. The summed E-state index contributed by atoms with van der Waals surface area (Å²) in [4.78, 5) is 21.0. The maximum absolute atomic E-state index is 12.6. The summed E-state index contributed by atoms with van der Waals surface area (Å²) in [6.07, 6.45) is 6.80. The molecule has 2 atom stereocenters. The van der Waals surface area contributed by atoms with Crippen LogP contribution in [0, 0.1) is 12.8 Å². The van der Waals surface area contributed by atoms with Crippen LogP contribution in [0.15, 0.2) is 18.5 Å². The minimum atomic E-state index is -0.288. The Morgan fingerprint density at radius 1 is 1.27 bits per heavy atom. The van der Waals surface area contributed by atoms with Gasteiger partial charge in [-0.2, -0.15) is 0 Å². The van der Waals surface area contributed by atoms with Crippen molar-refractivity contribution in [1.29, 1.82) is 0 Å². The topological polar surface area (TPSA) is 56.7 Å². The Labute approximate surface area is 131 Å². The minimum Gasteiger partial charge on any atom is -0.393 e. The zero-order valence-corrected chi connectivity index (χ0v) is 13.2. The quantitative estimate of drug-likeness (QED) is 0.901. The van der Waals surface area contributed by atoms with Crippen molar-refractivity contribution in [3.63, 3.8) is 0 Å². The summed E-state index contributed by atoms with van der Waals surface area (Å²) in [6, 6.07) is 2.05. The number of piperazine rings is 1. The molecule has 1 saturated heterocycles.